The van der Waals surface area contributed by atoms with Gasteiger partial charge in [0.25, 0.3) is 5.91 Å². The van der Waals surface area contributed by atoms with Crippen molar-refractivity contribution in [3.8, 4) is 0 Å². The minimum Gasteiger partial charge on any atom is -0.459 e. The van der Waals surface area contributed by atoms with Gasteiger partial charge in [-0.05, 0) is 43.5 Å². The molecule has 0 radical (unpaired) electrons. The molecule has 1 heterocycles. The Balaban J connectivity index is 2.36. The van der Waals surface area contributed by atoms with Gasteiger partial charge in [0.05, 0.1) is 12.2 Å². The molecule has 1 amide bonds. The Morgan fingerprint density at radius 1 is 1.27 bits per heavy atom. The van der Waals surface area contributed by atoms with E-state index in [4.69, 9.17) is 14.2 Å². The second kappa shape index (κ2) is 11.3. The number of rotatable bonds is 10. The number of carbonyl (C=O) groups is 1. The number of hydrogen-bond acceptors (Lipinski definition) is 5. The molecule has 6 nitrogen and oxygen atoms in total. The first-order chi connectivity index (χ1) is 14.3. The van der Waals surface area contributed by atoms with E-state index in [0.29, 0.717) is 31.6 Å². The van der Waals surface area contributed by atoms with Crippen molar-refractivity contribution in [3.05, 3.63) is 47.2 Å². The van der Waals surface area contributed by atoms with Crippen molar-refractivity contribution in [2.45, 2.75) is 38.1 Å². The Kier molecular flexibility index (Phi) is 9.13. The van der Waals surface area contributed by atoms with Crippen molar-refractivity contribution in [1.29, 1.82) is 0 Å². The Morgan fingerprint density at radius 3 is 2.53 bits per heavy atom. The lowest BCUT2D eigenvalue weighted by molar-refractivity contribution is -0.166. The van der Waals surface area contributed by atoms with Gasteiger partial charge in [0.1, 0.15) is 0 Å². The predicted octanol–water partition coefficient (Wildman–Crippen LogP) is 3.22. The summed E-state index contributed by atoms with van der Waals surface area (Å²) in [6.45, 7) is 2.70. The molecular weight excluding hydrogens is 403 g/mol. The van der Waals surface area contributed by atoms with E-state index in [1.54, 1.807) is 13.0 Å². The lowest BCUT2D eigenvalue weighted by Gasteiger charge is -2.37. The van der Waals surface area contributed by atoms with E-state index < -0.39 is 29.9 Å². The Labute approximate surface area is 174 Å². The van der Waals surface area contributed by atoms with Gasteiger partial charge in [-0.3, -0.25) is 4.79 Å². The third-order valence-electron chi connectivity index (χ3n) is 4.85. The summed E-state index contributed by atoms with van der Waals surface area (Å²) in [6.07, 6.45) is -2.59. The number of aliphatic hydroxyl groups excluding tert-OH is 1. The topological polar surface area (TPSA) is 77.0 Å². The van der Waals surface area contributed by atoms with E-state index in [-0.39, 0.29) is 24.8 Å². The van der Waals surface area contributed by atoms with E-state index >= 15 is 0 Å². The van der Waals surface area contributed by atoms with Crippen molar-refractivity contribution >= 4 is 5.91 Å². The number of hydrogen-bond donors (Lipinski definition) is 2. The third kappa shape index (κ3) is 6.45. The fraction of sp³-hybridized carbons (Fsp3) is 0.571. The van der Waals surface area contributed by atoms with Crippen LogP contribution in [0, 0.1) is 5.92 Å². The van der Waals surface area contributed by atoms with Crippen LogP contribution in [0.2, 0.25) is 0 Å². The van der Waals surface area contributed by atoms with E-state index in [1.165, 1.54) is 19.2 Å². The molecule has 0 aliphatic carbocycles. The number of methoxy groups -OCH3 is 1. The van der Waals surface area contributed by atoms with E-state index in [0.717, 1.165) is 12.1 Å². The second-order valence-electron chi connectivity index (χ2n) is 6.90. The van der Waals surface area contributed by atoms with Crippen LogP contribution in [0.3, 0.4) is 0 Å². The summed E-state index contributed by atoms with van der Waals surface area (Å²) in [7, 11) is 1.51. The summed E-state index contributed by atoms with van der Waals surface area (Å²) < 4.78 is 55.2. The number of nitrogens with one attached hydrogen (secondary N) is 1. The van der Waals surface area contributed by atoms with Gasteiger partial charge in [-0.1, -0.05) is 12.1 Å². The first-order valence-electron chi connectivity index (χ1n) is 9.87. The van der Waals surface area contributed by atoms with Gasteiger partial charge in [0.15, 0.2) is 5.76 Å². The van der Waals surface area contributed by atoms with E-state index in [1.807, 2.05) is 0 Å². The average molecular weight is 431 g/mol. The maximum Gasteiger partial charge on any atom is 0.416 e. The second-order valence-corrected chi connectivity index (χ2v) is 6.90. The van der Waals surface area contributed by atoms with Gasteiger partial charge in [-0.15, -0.1) is 0 Å². The molecular formula is C21H28F3NO5. The van der Waals surface area contributed by atoms with Crippen LogP contribution in [-0.4, -0.2) is 50.8 Å². The normalized spacial score (nSPS) is 21.7. The summed E-state index contributed by atoms with van der Waals surface area (Å²) >= 11 is 0. The van der Waals surface area contributed by atoms with Crippen LogP contribution < -0.4 is 5.32 Å². The fourth-order valence-corrected chi connectivity index (χ4v) is 3.39. The fourth-order valence-electron chi connectivity index (χ4n) is 3.39. The highest BCUT2D eigenvalue weighted by Crippen LogP contribution is 2.40. The average Bonchev–Trinajstić information content (AvgIpc) is 2.72. The number of aliphatic hydroxyl groups is 1. The van der Waals surface area contributed by atoms with Gasteiger partial charge in [-0.25, -0.2) is 0 Å². The van der Waals surface area contributed by atoms with Crippen molar-refractivity contribution in [3.63, 3.8) is 0 Å². The number of allylic oxidation sites excluding steroid dienone is 1. The first-order valence-corrected chi connectivity index (χ1v) is 9.87. The van der Waals surface area contributed by atoms with Crippen molar-refractivity contribution in [2.24, 2.45) is 5.92 Å². The quantitative estimate of drug-likeness (QED) is 0.557. The standard InChI is InChI=1S/C21H28F3NO5/c1-3-29-20-16(5-4-11-26)17(13-18(30-20)19(27)25-10-12-28-2)14-6-8-15(9-7-14)21(22,23)24/h6-9,13,16-17,20,26H,3-5,10-12H2,1-2H3,(H,25,27)/t16-,17-,20-/m1/s1. The zero-order valence-electron chi connectivity index (χ0n) is 17.1. The van der Waals surface area contributed by atoms with Crippen LogP contribution >= 0.6 is 0 Å². The molecule has 0 fully saturated rings. The highest BCUT2D eigenvalue weighted by Gasteiger charge is 2.38. The molecule has 9 heteroatoms. The molecule has 0 saturated carbocycles. The highest BCUT2D eigenvalue weighted by atomic mass is 19.4. The number of alkyl halides is 3. The van der Waals surface area contributed by atoms with Gasteiger partial charge >= 0.3 is 6.18 Å². The van der Waals surface area contributed by atoms with Gasteiger partial charge < -0.3 is 24.6 Å². The summed E-state index contributed by atoms with van der Waals surface area (Å²) in [5, 5.41) is 11.9. The monoisotopic (exact) mass is 431 g/mol. The first kappa shape index (κ1) is 24.2. The van der Waals surface area contributed by atoms with Gasteiger partial charge in [0, 0.05) is 38.7 Å². The number of benzene rings is 1. The molecule has 1 aromatic carbocycles. The predicted molar refractivity (Wildman–Crippen MR) is 103 cm³/mol. The molecule has 1 aliphatic heterocycles. The van der Waals surface area contributed by atoms with Crippen LogP contribution in [-0.2, 0) is 25.2 Å². The maximum absolute atomic E-state index is 12.9. The van der Waals surface area contributed by atoms with E-state index in [9.17, 15) is 23.1 Å². The Bertz CT molecular complexity index is 706. The van der Waals surface area contributed by atoms with Crippen LogP contribution in [0.4, 0.5) is 13.2 Å². The zero-order valence-corrected chi connectivity index (χ0v) is 17.1. The van der Waals surface area contributed by atoms with Crippen LogP contribution in [0.25, 0.3) is 0 Å². The zero-order chi connectivity index (χ0) is 22.1. The van der Waals surface area contributed by atoms with Crippen LogP contribution in [0.1, 0.15) is 36.8 Å². The minimum atomic E-state index is -4.43. The highest BCUT2D eigenvalue weighted by molar-refractivity contribution is 5.91. The van der Waals surface area contributed by atoms with Crippen LogP contribution in [0.5, 0.6) is 0 Å². The summed E-state index contributed by atoms with van der Waals surface area (Å²) in [5.74, 6) is -1.08. The molecule has 0 saturated heterocycles. The SMILES string of the molecule is CCO[C@@H]1OC(C(=O)NCCOC)=C[C@H](c2ccc(C(F)(F)F)cc2)[C@H]1CCCO. The lowest BCUT2D eigenvalue weighted by atomic mass is 9.80. The lowest BCUT2D eigenvalue weighted by Crippen LogP contribution is -2.39. The molecule has 0 aromatic heterocycles. The largest absolute Gasteiger partial charge is 0.459 e. The summed E-state index contributed by atoms with van der Waals surface area (Å²) in [5.41, 5.74) is -0.130. The maximum atomic E-state index is 12.9. The molecule has 1 aromatic rings. The minimum absolute atomic E-state index is 0.0385. The molecule has 30 heavy (non-hydrogen) atoms. The summed E-state index contributed by atoms with van der Waals surface area (Å²) in [4.78, 5) is 12.5. The number of halogens is 3. The molecule has 168 valence electrons. The van der Waals surface area contributed by atoms with Crippen molar-refractivity contribution in [1.82, 2.24) is 5.32 Å². The van der Waals surface area contributed by atoms with Crippen molar-refractivity contribution in [2.75, 3.05) is 33.5 Å². The van der Waals surface area contributed by atoms with Gasteiger partial charge in [-0.2, -0.15) is 13.2 Å². The molecule has 0 bridgehead atoms. The molecule has 0 spiro atoms. The number of ether oxygens (including phenoxy) is 3. The van der Waals surface area contributed by atoms with Crippen LogP contribution in [0.15, 0.2) is 36.1 Å². The molecule has 0 unspecified atom stereocenters. The molecule has 2 N–H and O–H groups in total. The Morgan fingerprint density at radius 2 is 1.97 bits per heavy atom. The van der Waals surface area contributed by atoms with Crippen molar-refractivity contribution < 1.29 is 37.3 Å². The molecule has 2 rings (SSSR count). The van der Waals surface area contributed by atoms with Gasteiger partial charge in [0.2, 0.25) is 6.29 Å². The Hall–Kier alpha value is -2.10. The summed E-state index contributed by atoms with van der Waals surface area (Å²) in [6, 6.07) is 4.86. The smallest absolute Gasteiger partial charge is 0.416 e. The van der Waals surface area contributed by atoms with E-state index in [2.05, 4.69) is 5.32 Å². The third-order valence-corrected chi connectivity index (χ3v) is 4.85. The number of carbonyl (C=O) groups excluding carboxylic acids is 1. The number of amides is 1. The molecule has 3 atom stereocenters. The molecule has 1 aliphatic rings.